The standard InChI is InChI=1S/C17H26N2O/c1-4-13(2)10-14(3)19-12-18-16(17(19)20)11-15-8-6-5-7-9-15/h5-9,13-14,16,18H,4,10-12H2,1-3H3. The Hall–Kier alpha value is -1.35. The summed E-state index contributed by atoms with van der Waals surface area (Å²) in [6.45, 7) is 7.32. The maximum atomic E-state index is 12.5. The molecule has 1 aromatic carbocycles. The molecule has 2 rings (SSSR count). The molecule has 1 amide bonds. The van der Waals surface area contributed by atoms with E-state index in [0.29, 0.717) is 18.6 Å². The summed E-state index contributed by atoms with van der Waals surface area (Å²) in [5.41, 5.74) is 1.22. The Balaban J connectivity index is 1.92. The average molecular weight is 274 g/mol. The smallest absolute Gasteiger partial charge is 0.241 e. The van der Waals surface area contributed by atoms with E-state index >= 15 is 0 Å². The molecule has 110 valence electrons. The molecular formula is C17H26N2O. The van der Waals surface area contributed by atoms with Crippen molar-refractivity contribution in [2.75, 3.05) is 6.67 Å². The highest BCUT2D eigenvalue weighted by molar-refractivity contribution is 5.84. The van der Waals surface area contributed by atoms with Crippen molar-refractivity contribution in [3.63, 3.8) is 0 Å². The first-order valence-electron chi connectivity index (χ1n) is 7.69. The molecule has 20 heavy (non-hydrogen) atoms. The summed E-state index contributed by atoms with van der Waals surface area (Å²) in [4.78, 5) is 14.5. The molecule has 0 radical (unpaired) electrons. The third kappa shape index (κ3) is 3.60. The Morgan fingerprint density at radius 1 is 1.30 bits per heavy atom. The van der Waals surface area contributed by atoms with E-state index in [-0.39, 0.29) is 11.9 Å². The van der Waals surface area contributed by atoms with Crippen LogP contribution in [0.3, 0.4) is 0 Å². The van der Waals surface area contributed by atoms with Gasteiger partial charge in [-0.15, -0.1) is 0 Å². The Kier molecular flexibility index (Phi) is 5.18. The highest BCUT2D eigenvalue weighted by Crippen LogP contribution is 2.18. The van der Waals surface area contributed by atoms with Crippen LogP contribution in [0.25, 0.3) is 0 Å². The van der Waals surface area contributed by atoms with Crippen LogP contribution in [-0.2, 0) is 11.2 Å². The van der Waals surface area contributed by atoms with Crippen LogP contribution in [-0.4, -0.2) is 29.6 Å². The summed E-state index contributed by atoms with van der Waals surface area (Å²) < 4.78 is 0. The number of nitrogens with one attached hydrogen (secondary N) is 1. The van der Waals surface area contributed by atoms with Gasteiger partial charge in [0.15, 0.2) is 0 Å². The molecular weight excluding hydrogens is 248 g/mol. The molecule has 3 heteroatoms. The summed E-state index contributed by atoms with van der Waals surface area (Å²) in [7, 11) is 0. The van der Waals surface area contributed by atoms with E-state index in [4.69, 9.17) is 0 Å². The van der Waals surface area contributed by atoms with E-state index in [0.717, 1.165) is 12.8 Å². The van der Waals surface area contributed by atoms with E-state index in [1.807, 2.05) is 23.1 Å². The van der Waals surface area contributed by atoms with Gasteiger partial charge in [-0.05, 0) is 31.2 Å². The van der Waals surface area contributed by atoms with Crippen molar-refractivity contribution in [3.8, 4) is 0 Å². The van der Waals surface area contributed by atoms with Gasteiger partial charge in [0.1, 0.15) is 0 Å². The molecule has 0 spiro atoms. The van der Waals surface area contributed by atoms with Crippen LogP contribution < -0.4 is 5.32 Å². The lowest BCUT2D eigenvalue weighted by Gasteiger charge is -2.26. The maximum absolute atomic E-state index is 12.5. The zero-order valence-electron chi connectivity index (χ0n) is 12.8. The minimum absolute atomic E-state index is 0.0585. The maximum Gasteiger partial charge on any atom is 0.241 e. The van der Waals surface area contributed by atoms with Gasteiger partial charge in [0, 0.05) is 6.04 Å². The highest BCUT2D eigenvalue weighted by Gasteiger charge is 2.33. The van der Waals surface area contributed by atoms with Crippen molar-refractivity contribution in [2.24, 2.45) is 5.92 Å². The fourth-order valence-corrected chi connectivity index (χ4v) is 2.83. The minimum atomic E-state index is -0.0585. The number of hydrogen-bond donors (Lipinski definition) is 1. The molecule has 0 saturated carbocycles. The number of rotatable bonds is 6. The fourth-order valence-electron chi connectivity index (χ4n) is 2.83. The van der Waals surface area contributed by atoms with Gasteiger partial charge in [-0.3, -0.25) is 10.1 Å². The molecule has 3 atom stereocenters. The first kappa shape index (κ1) is 15.0. The van der Waals surface area contributed by atoms with E-state index in [1.54, 1.807) is 0 Å². The van der Waals surface area contributed by atoms with Crippen molar-refractivity contribution in [1.82, 2.24) is 10.2 Å². The second-order valence-electron chi connectivity index (χ2n) is 6.01. The van der Waals surface area contributed by atoms with E-state index < -0.39 is 0 Å². The summed E-state index contributed by atoms with van der Waals surface area (Å²) in [5, 5.41) is 3.35. The third-order valence-corrected chi connectivity index (χ3v) is 4.34. The van der Waals surface area contributed by atoms with Crippen LogP contribution >= 0.6 is 0 Å². The van der Waals surface area contributed by atoms with Gasteiger partial charge in [-0.25, -0.2) is 0 Å². The van der Waals surface area contributed by atoms with Crippen LogP contribution in [0.1, 0.15) is 39.2 Å². The van der Waals surface area contributed by atoms with Gasteiger partial charge in [0.05, 0.1) is 12.7 Å². The van der Waals surface area contributed by atoms with Gasteiger partial charge in [-0.1, -0.05) is 50.6 Å². The molecule has 0 aromatic heterocycles. The largest absolute Gasteiger partial charge is 0.326 e. The van der Waals surface area contributed by atoms with E-state index in [1.165, 1.54) is 12.0 Å². The quantitative estimate of drug-likeness (QED) is 0.865. The lowest BCUT2D eigenvalue weighted by atomic mass is 9.99. The molecule has 1 saturated heterocycles. The number of benzene rings is 1. The molecule has 1 heterocycles. The highest BCUT2D eigenvalue weighted by atomic mass is 16.2. The van der Waals surface area contributed by atoms with Crippen LogP contribution in [0.5, 0.6) is 0 Å². The third-order valence-electron chi connectivity index (χ3n) is 4.34. The second-order valence-corrected chi connectivity index (χ2v) is 6.01. The van der Waals surface area contributed by atoms with E-state index in [9.17, 15) is 4.79 Å². The molecule has 0 bridgehead atoms. The van der Waals surface area contributed by atoms with Crippen molar-refractivity contribution in [1.29, 1.82) is 0 Å². The number of carbonyl (C=O) groups excluding carboxylic acids is 1. The van der Waals surface area contributed by atoms with Gasteiger partial charge in [0.2, 0.25) is 5.91 Å². The number of hydrogen-bond acceptors (Lipinski definition) is 2. The van der Waals surface area contributed by atoms with Crippen LogP contribution in [0.2, 0.25) is 0 Å². The predicted octanol–water partition coefficient (Wildman–Crippen LogP) is 2.81. The van der Waals surface area contributed by atoms with Crippen LogP contribution in [0, 0.1) is 5.92 Å². The SMILES string of the molecule is CCC(C)CC(C)N1CNC(Cc2ccccc2)C1=O. The first-order valence-corrected chi connectivity index (χ1v) is 7.69. The minimum Gasteiger partial charge on any atom is -0.326 e. The van der Waals surface area contributed by atoms with Gasteiger partial charge >= 0.3 is 0 Å². The first-order chi connectivity index (χ1) is 9.61. The molecule has 1 N–H and O–H groups in total. The van der Waals surface area contributed by atoms with Crippen LogP contribution in [0.4, 0.5) is 0 Å². The monoisotopic (exact) mass is 274 g/mol. The average Bonchev–Trinajstić information content (AvgIpc) is 2.81. The Labute approximate surface area is 122 Å². The van der Waals surface area contributed by atoms with Gasteiger partial charge < -0.3 is 4.90 Å². The summed E-state index contributed by atoms with van der Waals surface area (Å²) in [6, 6.07) is 10.5. The van der Waals surface area contributed by atoms with Crippen molar-refractivity contribution < 1.29 is 4.79 Å². The molecule has 3 unspecified atom stereocenters. The number of carbonyl (C=O) groups is 1. The molecule has 0 aliphatic carbocycles. The van der Waals surface area contributed by atoms with Gasteiger partial charge in [-0.2, -0.15) is 0 Å². The lowest BCUT2D eigenvalue weighted by Crippen LogP contribution is -2.38. The van der Waals surface area contributed by atoms with E-state index in [2.05, 4.69) is 38.2 Å². The zero-order valence-corrected chi connectivity index (χ0v) is 12.8. The Bertz CT molecular complexity index is 432. The molecule has 1 aliphatic rings. The topological polar surface area (TPSA) is 32.3 Å². The fraction of sp³-hybridized carbons (Fsp3) is 0.588. The Morgan fingerprint density at radius 2 is 2.00 bits per heavy atom. The van der Waals surface area contributed by atoms with Crippen LogP contribution in [0.15, 0.2) is 30.3 Å². The molecule has 1 aromatic rings. The summed E-state index contributed by atoms with van der Waals surface area (Å²) >= 11 is 0. The predicted molar refractivity (Wildman–Crippen MR) is 82.3 cm³/mol. The number of nitrogens with zero attached hydrogens (tertiary/aromatic N) is 1. The zero-order chi connectivity index (χ0) is 14.5. The van der Waals surface area contributed by atoms with Crippen molar-refractivity contribution >= 4 is 5.91 Å². The summed E-state index contributed by atoms with van der Waals surface area (Å²) in [6.07, 6.45) is 3.04. The van der Waals surface area contributed by atoms with Crippen molar-refractivity contribution in [2.45, 2.75) is 52.1 Å². The molecule has 1 fully saturated rings. The number of amides is 1. The summed E-state index contributed by atoms with van der Waals surface area (Å²) in [5.74, 6) is 0.927. The normalized spacial score (nSPS) is 22.1. The molecule has 1 aliphatic heterocycles. The lowest BCUT2D eigenvalue weighted by molar-refractivity contribution is -0.130. The van der Waals surface area contributed by atoms with Crippen molar-refractivity contribution in [3.05, 3.63) is 35.9 Å². The molecule has 3 nitrogen and oxygen atoms in total. The Morgan fingerprint density at radius 3 is 2.65 bits per heavy atom. The second kappa shape index (κ2) is 6.89. The van der Waals surface area contributed by atoms with Gasteiger partial charge in [0.25, 0.3) is 0 Å².